The molecule has 1 unspecified atom stereocenters. The van der Waals surface area contributed by atoms with Gasteiger partial charge in [0.2, 0.25) is 5.91 Å². The fraction of sp³-hybridized carbons (Fsp3) is 0.562. The molecule has 1 aliphatic rings. The monoisotopic (exact) mass is 276 g/mol. The largest absolute Gasteiger partial charge is 0.493 e. The highest BCUT2D eigenvalue weighted by Gasteiger charge is 2.20. The number of amides is 1. The summed E-state index contributed by atoms with van der Waals surface area (Å²) < 4.78 is 5.74. The zero-order valence-electron chi connectivity index (χ0n) is 12.6. The number of ether oxygens (including phenoxy) is 1. The average molecular weight is 276 g/mol. The molecular weight excluding hydrogens is 252 g/mol. The molecule has 1 aromatic rings. The van der Waals surface area contributed by atoms with Crippen molar-refractivity contribution in [2.45, 2.75) is 33.2 Å². The van der Waals surface area contributed by atoms with Gasteiger partial charge in [0.15, 0.2) is 0 Å². The predicted octanol–water partition coefficient (Wildman–Crippen LogP) is 1.89. The summed E-state index contributed by atoms with van der Waals surface area (Å²) in [6.07, 6.45) is 0.445. The first kappa shape index (κ1) is 14.9. The Bertz CT molecular complexity index is 474. The maximum Gasteiger partial charge on any atom is 0.226 e. The summed E-state index contributed by atoms with van der Waals surface area (Å²) in [5.41, 5.74) is 2.28. The molecule has 1 atom stereocenters. The lowest BCUT2D eigenvalue weighted by molar-refractivity contribution is -0.132. The first-order valence-electron chi connectivity index (χ1n) is 7.27. The third-order valence-corrected chi connectivity index (χ3v) is 3.64. The van der Waals surface area contributed by atoms with E-state index in [4.69, 9.17) is 4.74 Å². The van der Waals surface area contributed by atoms with Gasteiger partial charge in [0.25, 0.3) is 0 Å². The highest BCUT2D eigenvalue weighted by molar-refractivity contribution is 5.76. The summed E-state index contributed by atoms with van der Waals surface area (Å²) in [7, 11) is 0. The van der Waals surface area contributed by atoms with Gasteiger partial charge < -0.3 is 15.0 Å². The van der Waals surface area contributed by atoms with Crippen LogP contribution in [-0.2, 0) is 4.79 Å². The van der Waals surface area contributed by atoms with Gasteiger partial charge >= 0.3 is 0 Å². The standard InChI is InChI=1S/C16H24N2O2/c1-12-4-5-13(2)15(10-12)20-9-6-16(19)18-8-7-17-14(3)11-18/h4-5,10,14,17H,6-9,11H2,1-3H3. The Morgan fingerprint density at radius 3 is 3.00 bits per heavy atom. The number of piperazine rings is 1. The van der Waals surface area contributed by atoms with Gasteiger partial charge in [0.1, 0.15) is 5.75 Å². The van der Waals surface area contributed by atoms with Crippen molar-refractivity contribution in [3.63, 3.8) is 0 Å². The van der Waals surface area contributed by atoms with E-state index in [2.05, 4.69) is 18.3 Å². The number of rotatable bonds is 4. The van der Waals surface area contributed by atoms with Gasteiger partial charge in [-0.1, -0.05) is 12.1 Å². The van der Waals surface area contributed by atoms with Crippen molar-refractivity contribution < 1.29 is 9.53 Å². The minimum Gasteiger partial charge on any atom is -0.493 e. The van der Waals surface area contributed by atoms with E-state index in [-0.39, 0.29) is 5.91 Å². The molecule has 4 heteroatoms. The summed E-state index contributed by atoms with van der Waals surface area (Å²) >= 11 is 0. The van der Waals surface area contributed by atoms with Crippen molar-refractivity contribution in [2.75, 3.05) is 26.2 Å². The molecule has 0 bridgehead atoms. The Kier molecular flexibility index (Phi) is 5.01. The van der Waals surface area contributed by atoms with E-state index >= 15 is 0 Å². The number of carbonyl (C=O) groups is 1. The van der Waals surface area contributed by atoms with Crippen LogP contribution in [0.5, 0.6) is 5.75 Å². The van der Waals surface area contributed by atoms with E-state index in [1.165, 1.54) is 5.56 Å². The van der Waals surface area contributed by atoms with Crippen molar-refractivity contribution in [3.8, 4) is 5.75 Å². The molecule has 20 heavy (non-hydrogen) atoms. The van der Waals surface area contributed by atoms with Gasteiger partial charge in [-0.05, 0) is 38.0 Å². The lowest BCUT2D eigenvalue weighted by Gasteiger charge is -2.32. The van der Waals surface area contributed by atoms with Gasteiger partial charge in [-0.2, -0.15) is 0 Å². The van der Waals surface area contributed by atoms with E-state index in [9.17, 15) is 4.79 Å². The summed E-state index contributed by atoms with van der Waals surface area (Å²) in [4.78, 5) is 14.0. The maximum absolute atomic E-state index is 12.1. The summed E-state index contributed by atoms with van der Waals surface area (Å²) in [6.45, 7) is 9.08. The third-order valence-electron chi connectivity index (χ3n) is 3.64. The van der Waals surface area contributed by atoms with Crippen LogP contribution in [0.2, 0.25) is 0 Å². The Morgan fingerprint density at radius 1 is 1.45 bits per heavy atom. The molecule has 1 heterocycles. The second-order valence-corrected chi connectivity index (χ2v) is 5.56. The number of hydrogen-bond donors (Lipinski definition) is 1. The van der Waals surface area contributed by atoms with E-state index in [1.54, 1.807) is 0 Å². The van der Waals surface area contributed by atoms with Crippen LogP contribution in [0.4, 0.5) is 0 Å². The van der Waals surface area contributed by atoms with Crippen LogP contribution < -0.4 is 10.1 Å². The molecule has 1 N–H and O–H groups in total. The van der Waals surface area contributed by atoms with Crippen LogP contribution >= 0.6 is 0 Å². The molecule has 0 aromatic heterocycles. The van der Waals surface area contributed by atoms with Crippen LogP contribution in [0, 0.1) is 13.8 Å². The first-order chi connectivity index (χ1) is 9.56. The van der Waals surface area contributed by atoms with Crippen LogP contribution in [0.25, 0.3) is 0 Å². The molecular formula is C16H24N2O2. The number of nitrogens with zero attached hydrogens (tertiary/aromatic N) is 1. The maximum atomic E-state index is 12.1. The van der Waals surface area contributed by atoms with Crippen molar-refractivity contribution in [1.82, 2.24) is 10.2 Å². The van der Waals surface area contributed by atoms with Crippen molar-refractivity contribution in [3.05, 3.63) is 29.3 Å². The lowest BCUT2D eigenvalue weighted by atomic mass is 10.1. The Labute approximate surface area is 121 Å². The molecule has 2 rings (SSSR count). The molecule has 0 saturated carbocycles. The quantitative estimate of drug-likeness (QED) is 0.913. The SMILES string of the molecule is Cc1ccc(C)c(OCCC(=O)N2CCNC(C)C2)c1. The van der Waals surface area contributed by atoms with Crippen LogP contribution in [0.3, 0.4) is 0 Å². The predicted molar refractivity (Wildman–Crippen MR) is 80.1 cm³/mol. The number of nitrogens with one attached hydrogen (secondary N) is 1. The molecule has 4 nitrogen and oxygen atoms in total. The molecule has 0 spiro atoms. The van der Waals surface area contributed by atoms with Crippen molar-refractivity contribution in [2.24, 2.45) is 0 Å². The zero-order chi connectivity index (χ0) is 14.5. The highest BCUT2D eigenvalue weighted by atomic mass is 16.5. The molecule has 1 aromatic carbocycles. The molecule has 110 valence electrons. The van der Waals surface area contributed by atoms with Crippen LogP contribution in [0.1, 0.15) is 24.5 Å². The van der Waals surface area contributed by atoms with Gasteiger partial charge in [0, 0.05) is 25.7 Å². The highest BCUT2D eigenvalue weighted by Crippen LogP contribution is 2.19. The fourth-order valence-electron chi connectivity index (χ4n) is 2.43. The summed E-state index contributed by atoms with van der Waals surface area (Å²) in [5.74, 6) is 1.06. The fourth-order valence-corrected chi connectivity index (χ4v) is 2.43. The molecule has 1 fully saturated rings. The van der Waals surface area contributed by atoms with Gasteiger partial charge in [-0.15, -0.1) is 0 Å². The van der Waals surface area contributed by atoms with E-state index < -0.39 is 0 Å². The number of carbonyl (C=O) groups excluding carboxylic acids is 1. The van der Waals surface area contributed by atoms with Gasteiger partial charge in [0.05, 0.1) is 13.0 Å². The Hall–Kier alpha value is -1.55. The van der Waals surface area contributed by atoms with Crippen molar-refractivity contribution >= 4 is 5.91 Å². The molecule has 1 aliphatic heterocycles. The first-order valence-corrected chi connectivity index (χ1v) is 7.27. The Morgan fingerprint density at radius 2 is 2.25 bits per heavy atom. The molecule has 1 amide bonds. The van der Waals surface area contributed by atoms with Gasteiger partial charge in [-0.3, -0.25) is 4.79 Å². The summed E-state index contributed by atoms with van der Waals surface area (Å²) in [6, 6.07) is 6.51. The molecule has 0 aliphatic carbocycles. The normalized spacial score (nSPS) is 18.9. The lowest BCUT2D eigenvalue weighted by Crippen LogP contribution is -2.51. The smallest absolute Gasteiger partial charge is 0.226 e. The minimum absolute atomic E-state index is 0.184. The van der Waals surface area contributed by atoms with Crippen LogP contribution in [-0.4, -0.2) is 43.1 Å². The topological polar surface area (TPSA) is 41.6 Å². The number of hydrogen-bond acceptors (Lipinski definition) is 3. The summed E-state index contributed by atoms with van der Waals surface area (Å²) in [5, 5.41) is 3.34. The zero-order valence-corrected chi connectivity index (χ0v) is 12.6. The van der Waals surface area contributed by atoms with E-state index in [1.807, 2.05) is 30.9 Å². The van der Waals surface area contributed by atoms with E-state index in [0.717, 1.165) is 30.9 Å². The number of aryl methyl sites for hydroxylation is 2. The van der Waals surface area contributed by atoms with Crippen molar-refractivity contribution in [1.29, 1.82) is 0 Å². The Balaban J connectivity index is 1.80. The van der Waals surface area contributed by atoms with E-state index in [0.29, 0.717) is 19.1 Å². The average Bonchev–Trinajstić information content (AvgIpc) is 2.42. The van der Waals surface area contributed by atoms with Gasteiger partial charge in [-0.25, -0.2) is 0 Å². The second-order valence-electron chi connectivity index (χ2n) is 5.56. The minimum atomic E-state index is 0.184. The van der Waals surface area contributed by atoms with Crippen LogP contribution in [0.15, 0.2) is 18.2 Å². The molecule has 1 saturated heterocycles. The second kappa shape index (κ2) is 6.75. The molecule has 0 radical (unpaired) electrons. The third kappa shape index (κ3) is 3.97. The number of benzene rings is 1.